The molecule has 0 bridgehead atoms. The highest BCUT2D eigenvalue weighted by Gasteiger charge is 2.22. The number of benzene rings is 1. The average Bonchev–Trinajstić information content (AvgIpc) is 2.58. The second-order valence-corrected chi connectivity index (χ2v) is 6.51. The fourth-order valence-corrected chi connectivity index (χ4v) is 3.08. The zero-order chi connectivity index (χ0) is 15.6. The summed E-state index contributed by atoms with van der Waals surface area (Å²) in [6.45, 7) is 3.81. The maximum absolute atomic E-state index is 11.1. The molecule has 0 aliphatic heterocycles. The van der Waals surface area contributed by atoms with Gasteiger partial charge in [0.15, 0.2) is 0 Å². The van der Waals surface area contributed by atoms with Crippen LogP contribution < -0.4 is 0 Å². The number of carbonyl (C=O) groups is 1. The van der Waals surface area contributed by atoms with E-state index in [0.29, 0.717) is 18.4 Å². The molecule has 0 saturated heterocycles. The Morgan fingerprint density at radius 1 is 1.18 bits per heavy atom. The highest BCUT2D eigenvalue weighted by molar-refractivity contribution is 5.54. The molecule has 120 valence electrons. The minimum atomic E-state index is 0.242. The van der Waals surface area contributed by atoms with Crippen LogP contribution in [0.25, 0.3) is 0 Å². The number of hydrogen-bond acceptors (Lipinski definition) is 2. The van der Waals surface area contributed by atoms with E-state index in [1.165, 1.54) is 12.0 Å². The first kappa shape index (κ1) is 17.0. The van der Waals surface area contributed by atoms with Gasteiger partial charge in [-0.1, -0.05) is 55.8 Å². The molecule has 0 radical (unpaired) electrons. The third kappa shape index (κ3) is 5.76. The molecule has 3 atom stereocenters. The van der Waals surface area contributed by atoms with Crippen LogP contribution in [-0.2, 0) is 16.1 Å². The van der Waals surface area contributed by atoms with Gasteiger partial charge in [0.1, 0.15) is 6.29 Å². The molecule has 1 aromatic carbocycles. The van der Waals surface area contributed by atoms with Gasteiger partial charge in [-0.3, -0.25) is 0 Å². The van der Waals surface area contributed by atoms with Crippen molar-refractivity contribution in [1.29, 1.82) is 0 Å². The number of hydrogen-bond donors (Lipinski definition) is 0. The Morgan fingerprint density at radius 2 is 1.95 bits per heavy atom. The largest absolute Gasteiger partial charge is 0.377 e. The summed E-state index contributed by atoms with van der Waals surface area (Å²) in [7, 11) is 0. The van der Waals surface area contributed by atoms with Crippen LogP contribution in [0.5, 0.6) is 0 Å². The SMILES string of the molecule is CC(CCOCc1ccccc1)CCC1CC=CCC1C=O. The van der Waals surface area contributed by atoms with Crippen LogP contribution in [0, 0.1) is 17.8 Å². The van der Waals surface area contributed by atoms with E-state index >= 15 is 0 Å². The molecule has 0 heterocycles. The van der Waals surface area contributed by atoms with Crippen molar-refractivity contribution in [3.05, 3.63) is 48.0 Å². The molecule has 0 amide bonds. The maximum Gasteiger partial charge on any atom is 0.123 e. The van der Waals surface area contributed by atoms with E-state index < -0.39 is 0 Å². The molecule has 1 aromatic rings. The Labute approximate surface area is 134 Å². The number of carbonyl (C=O) groups excluding carboxylic acids is 1. The summed E-state index contributed by atoms with van der Waals surface area (Å²) in [5, 5.41) is 0. The molecule has 3 unspecified atom stereocenters. The average molecular weight is 300 g/mol. The zero-order valence-electron chi connectivity index (χ0n) is 13.6. The monoisotopic (exact) mass is 300 g/mol. The number of rotatable bonds is 9. The van der Waals surface area contributed by atoms with Gasteiger partial charge in [0, 0.05) is 12.5 Å². The molecule has 2 rings (SSSR count). The van der Waals surface area contributed by atoms with Crippen molar-refractivity contribution in [2.45, 2.75) is 45.6 Å². The van der Waals surface area contributed by atoms with Crippen molar-refractivity contribution in [2.24, 2.45) is 17.8 Å². The van der Waals surface area contributed by atoms with E-state index in [0.717, 1.165) is 38.6 Å². The lowest BCUT2D eigenvalue weighted by atomic mass is 9.79. The van der Waals surface area contributed by atoms with Gasteiger partial charge in [-0.25, -0.2) is 0 Å². The van der Waals surface area contributed by atoms with Gasteiger partial charge < -0.3 is 9.53 Å². The molecule has 0 N–H and O–H groups in total. The van der Waals surface area contributed by atoms with E-state index in [1.54, 1.807) is 0 Å². The van der Waals surface area contributed by atoms with Crippen molar-refractivity contribution in [3.8, 4) is 0 Å². The van der Waals surface area contributed by atoms with Crippen molar-refractivity contribution < 1.29 is 9.53 Å². The van der Waals surface area contributed by atoms with E-state index in [2.05, 4.69) is 31.2 Å². The molecule has 2 heteroatoms. The standard InChI is InChI=1S/C20H28O2/c1-17(11-12-19-9-5-6-10-20(19)15-21)13-14-22-16-18-7-3-2-4-8-18/h2-8,15,17,19-20H,9-14,16H2,1H3. The Kier molecular flexibility index (Phi) is 7.38. The molecular formula is C20H28O2. The second-order valence-electron chi connectivity index (χ2n) is 6.51. The molecule has 2 nitrogen and oxygen atoms in total. The summed E-state index contributed by atoms with van der Waals surface area (Å²) in [4.78, 5) is 11.1. The van der Waals surface area contributed by atoms with Gasteiger partial charge in [-0.2, -0.15) is 0 Å². The maximum atomic E-state index is 11.1. The zero-order valence-corrected chi connectivity index (χ0v) is 13.6. The summed E-state index contributed by atoms with van der Waals surface area (Å²) in [6, 6.07) is 10.3. The van der Waals surface area contributed by atoms with Crippen molar-refractivity contribution >= 4 is 6.29 Å². The lowest BCUT2D eigenvalue weighted by molar-refractivity contribution is -0.112. The van der Waals surface area contributed by atoms with Crippen LogP contribution >= 0.6 is 0 Å². The predicted octanol–water partition coefficient (Wildman–Crippen LogP) is 4.79. The van der Waals surface area contributed by atoms with Crippen LogP contribution in [0.15, 0.2) is 42.5 Å². The van der Waals surface area contributed by atoms with Crippen molar-refractivity contribution in [1.82, 2.24) is 0 Å². The van der Waals surface area contributed by atoms with E-state index in [4.69, 9.17) is 4.74 Å². The highest BCUT2D eigenvalue weighted by Crippen LogP contribution is 2.29. The van der Waals surface area contributed by atoms with Gasteiger partial charge >= 0.3 is 0 Å². The first-order valence-corrected chi connectivity index (χ1v) is 8.51. The third-order valence-corrected chi connectivity index (χ3v) is 4.69. The van der Waals surface area contributed by atoms with Gasteiger partial charge in [-0.15, -0.1) is 0 Å². The van der Waals surface area contributed by atoms with Crippen LogP contribution in [0.2, 0.25) is 0 Å². The highest BCUT2D eigenvalue weighted by atomic mass is 16.5. The van der Waals surface area contributed by atoms with Crippen LogP contribution in [-0.4, -0.2) is 12.9 Å². The predicted molar refractivity (Wildman–Crippen MR) is 90.5 cm³/mol. The van der Waals surface area contributed by atoms with Crippen LogP contribution in [0.4, 0.5) is 0 Å². The summed E-state index contributed by atoms with van der Waals surface area (Å²) < 4.78 is 5.76. The molecule has 22 heavy (non-hydrogen) atoms. The Morgan fingerprint density at radius 3 is 2.73 bits per heavy atom. The lowest BCUT2D eigenvalue weighted by Gasteiger charge is -2.25. The fraction of sp³-hybridized carbons (Fsp3) is 0.550. The van der Waals surface area contributed by atoms with Gasteiger partial charge in [0.25, 0.3) is 0 Å². The quantitative estimate of drug-likeness (QED) is 0.372. The van der Waals surface area contributed by atoms with E-state index in [1.807, 2.05) is 18.2 Å². The summed E-state index contributed by atoms with van der Waals surface area (Å²) in [5.41, 5.74) is 1.23. The van der Waals surface area contributed by atoms with Crippen LogP contribution in [0.1, 0.15) is 44.6 Å². The Bertz CT molecular complexity index is 452. The minimum Gasteiger partial charge on any atom is -0.377 e. The summed E-state index contributed by atoms with van der Waals surface area (Å²) in [6.07, 6.45) is 11.0. The number of ether oxygens (including phenoxy) is 1. The molecule has 0 fully saturated rings. The normalized spacial score (nSPS) is 22.4. The smallest absolute Gasteiger partial charge is 0.123 e. The molecule has 1 aliphatic rings. The Hall–Kier alpha value is -1.41. The molecule has 0 saturated carbocycles. The summed E-state index contributed by atoms with van der Waals surface area (Å²) in [5.74, 6) is 1.45. The van der Waals surface area contributed by atoms with Crippen molar-refractivity contribution in [2.75, 3.05) is 6.61 Å². The molecule has 0 aromatic heterocycles. The molecular weight excluding hydrogens is 272 g/mol. The molecule has 1 aliphatic carbocycles. The first-order valence-electron chi connectivity index (χ1n) is 8.51. The molecule has 0 spiro atoms. The lowest BCUT2D eigenvalue weighted by Crippen LogP contribution is -2.19. The van der Waals surface area contributed by atoms with E-state index in [-0.39, 0.29) is 5.92 Å². The van der Waals surface area contributed by atoms with E-state index in [9.17, 15) is 4.79 Å². The Balaban J connectivity index is 1.58. The minimum absolute atomic E-state index is 0.242. The van der Waals surface area contributed by atoms with Gasteiger partial charge in [0.05, 0.1) is 6.61 Å². The third-order valence-electron chi connectivity index (χ3n) is 4.69. The number of aldehydes is 1. The van der Waals surface area contributed by atoms with Crippen LogP contribution in [0.3, 0.4) is 0 Å². The van der Waals surface area contributed by atoms with Gasteiger partial charge in [0.2, 0.25) is 0 Å². The number of allylic oxidation sites excluding steroid dienone is 2. The fourth-order valence-electron chi connectivity index (χ4n) is 3.08. The first-order chi connectivity index (χ1) is 10.8. The van der Waals surface area contributed by atoms with Crippen molar-refractivity contribution in [3.63, 3.8) is 0 Å². The van der Waals surface area contributed by atoms with Gasteiger partial charge in [-0.05, 0) is 43.1 Å². The second kappa shape index (κ2) is 9.58. The summed E-state index contributed by atoms with van der Waals surface area (Å²) >= 11 is 0. The topological polar surface area (TPSA) is 26.3 Å².